The molecule has 2 unspecified atom stereocenters. The lowest BCUT2D eigenvalue weighted by Gasteiger charge is -2.25. The monoisotopic (exact) mass is 253 g/mol. The largest absolute Gasteiger partial charge is 0.385 e. The fraction of sp³-hybridized carbons (Fsp3) is 0.600. The molecule has 1 aromatic carbocycles. The number of methoxy groups -OCH3 is 1. The molecule has 2 nitrogen and oxygen atoms in total. The zero-order valence-electron chi connectivity index (χ0n) is 11.8. The van der Waals surface area contributed by atoms with Gasteiger partial charge in [0.25, 0.3) is 0 Å². The number of ether oxygens (including phenoxy) is 1. The van der Waals surface area contributed by atoms with Gasteiger partial charge in [0.1, 0.15) is 5.82 Å². The van der Waals surface area contributed by atoms with Crippen molar-refractivity contribution in [2.24, 2.45) is 5.92 Å². The maximum atomic E-state index is 13.3. The highest BCUT2D eigenvalue weighted by atomic mass is 19.1. The van der Waals surface area contributed by atoms with Crippen LogP contribution in [0.25, 0.3) is 0 Å². The third-order valence-electron chi connectivity index (χ3n) is 3.31. The van der Waals surface area contributed by atoms with Gasteiger partial charge in [0, 0.05) is 19.8 Å². The lowest BCUT2D eigenvalue weighted by atomic mass is 9.91. The molecule has 0 heterocycles. The normalized spacial score (nSPS) is 14.5. The summed E-state index contributed by atoms with van der Waals surface area (Å²) in [4.78, 5) is 0. The van der Waals surface area contributed by atoms with Crippen LogP contribution in [0.3, 0.4) is 0 Å². The summed E-state index contributed by atoms with van der Waals surface area (Å²) in [5.41, 5.74) is 1.86. The molecule has 3 heteroatoms. The minimum atomic E-state index is -0.140. The van der Waals surface area contributed by atoms with Crippen molar-refractivity contribution in [1.29, 1.82) is 0 Å². The Kier molecular flexibility index (Phi) is 6.30. The highest BCUT2D eigenvalue weighted by Gasteiger charge is 2.18. The van der Waals surface area contributed by atoms with Crippen LogP contribution in [0.4, 0.5) is 4.39 Å². The topological polar surface area (TPSA) is 21.3 Å². The summed E-state index contributed by atoms with van der Waals surface area (Å²) < 4.78 is 18.4. The molecule has 0 bridgehead atoms. The van der Waals surface area contributed by atoms with Gasteiger partial charge in [-0.1, -0.05) is 26.0 Å². The third-order valence-corrected chi connectivity index (χ3v) is 3.31. The third kappa shape index (κ3) is 4.07. The molecule has 0 amide bonds. The lowest BCUT2D eigenvalue weighted by molar-refractivity contribution is 0.170. The van der Waals surface area contributed by atoms with Crippen molar-refractivity contribution in [3.63, 3.8) is 0 Å². The van der Waals surface area contributed by atoms with Crippen molar-refractivity contribution < 1.29 is 9.13 Å². The van der Waals surface area contributed by atoms with Crippen LogP contribution in [-0.2, 0) is 4.74 Å². The number of nitrogens with one attached hydrogen (secondary N) is 1. The molecule has 1 aromatic rings. The zero-order valence-corrected chi connectivity index (χ0v) is 11.8. The molecule has 0 aromatic heterocycles. The van der Waals surface area contributed by atoms with Crippen LogP contribution in [-0.4, -0.2) is 20.3 Å². The van der Waals surface area contributed by atoms with Crippen LogP contribution in [0.5, 0.6) is 0 Å². The van der Waals surface area contributed by atoms with E-state index < -0.39 is 0 Å². The molecule has 0 saturated carbocycles. The second kappa shape index (κ2) is 7.49. The summed E-state index contributed by atoms with van der Waals surface area (Å²) in [7, 11) is 1.72. The average molecular weight is 253 g/mol. The standard InChI is InChI=1S/C15H24FNO/c1-5-17-15(11(2)8-9-18-4)13-6-7-14(16)12(3)10-13/h6-7,10-11,15,17H,5,8-9H2,1-4H3. The van der Waals surface area contributed by atoms with Crippen molar-refractivity contribution in [3.8, 4) is 0 Å². The van der Waals surface area contributed by atoms with E-state index in [1.54, 1.807) is 13.2 Å². The Bertz CT molecular complexity index is 368. The number of hydrogen-bond donors (Lipinski definition) is 1. The average Bonchev–Trinajstić information content (AvgIpc) is 2.36. The van der Waals surface area contributed by atoms with Gasteiger partial charge in [-0.15, -0.1) is 0 Å². The van der Waals surface area contributed by atoms with Gasteiger partial charge >= 0.3 is 0 Å². The molecule has 0 fully saturated rings. The smallest absolute Gasteiger partial charge is 0.126 e. The van der Waals surface area contributed by atoms with Gasteiger partial charge in [-0.05, 0) is 43.0 Å². The maximum absolute atomic E-state index is 13.3. The van der Waals surface area contributed by atoms with Crippen LogP contribution < -0.4 is 5.32 Å². The molecule has 0 saturated heterocycles. The van der Waals surface area contributed by atoms with E-state index in [0.29, 0.717) is 11.5 Å². The summed E-state index contributed by atoms with van der Waals surface area (Å²) in [5, 5.41) is 3.48. The van der Waals surface area contributed by atoms with Crippen molar-refractivity contribution in [3.05, 3.63) is 35.1 Å². The zero-order chi connectivity index (χ0) is 13.5. The Morgan fingerprint density at radius 3 is 2.67 bits per heavy atom. The minimum absolute atomic E-state index is 0.140. The van der Waals surface area contributed by atoms with E-state index in [4.69, 9.17) is 4.74 Å². The first-order chi connectivity index (χ1) is 8.60. The first-order valence-corrected chi connectivity index (χ1v) is 6.58. The number of benzene rings is 1. The molecule has 0 aliphatic carbocycles. The van der Waals surface area contributed by atoms with Crippen LogP contribution >= 0.6 is 0 Å². The number of halogens is 1. The summed E-state index contributed by atoms with van der Waals surface area (Å²) in [6.07, 6.45) is 0.991. The van der Waals surface area contributed by atoms with E-state index in [-0.39, 0.29) is 11.9 Å². The molecule has 2 atom stereocenters. The summed E-state index contributed by atoms with van der Waals surface area (Å²) >= 11 is 0. The van der Waals surface area contributed by atoms with E-state index in [9.17, 15) is 4.39 Å². The van der Waals surface area contributed by atoms with Crippen molar-refractivity contribution in [2.45, 2.75) is 33.2 Å². The van der Waals surface area contributed by atoms with E-state index in [1.165, 1.54) is 0 Å². The van der Waals surface area contributed by atoms with E-state index in [1.807, 2.05) is 19.1 Å². The number of aryl methyl sites for hydroxylation is 1. The Balaban J connectivity index is 2.85. The van der Waals surface area contributed by atoms with Crippen LogP contribution in [0.2, 0.25) is 0 Å². The van der Waals surface area contributed by atoms with Crippen molar-refractivity contribution in [2.75, 3.05) is 20.3 Å². The number of hydrogen-bond acceptors (Lipinski definition) is 2. The molecule has 0 radical (unpaired) electrons. The van der Waals surface area contributed by atoms with Crippen LogP contribution in [0.1, 0.15) is 37.4 Å². The van der Waals surface area contributed by atoms with Crippen molar-refractivity contribution in [1.82, 2.24) is 5.32 Å². The molecular weight excluding hydrogens is 229 g/mol. The molecule has 18 heavy (non-hydrogen) atoms. The maximum Gasteiger partial charge on any atom is 0.126 e. The van der Waals surface area contributed by atoms with Gasteiger partial charge in [-0.3, -0.25) is 0 Å². The molecule has 102 valence electrons. The first kappa shape index (κ1) is 15.1. The minimum Gasteiger partial charge on any atom is -0.385 e. The molecule has 0 aliphatic heterocycles. The highest BCUT2D eigenvalue weighted by Crippen LogP contribution is 2.26. The lowest BCUT2D eigenvalue weighted by Crippen LogP contribution is -2.27. The predicted octanol–water partition coefficient (Wildman–Crippen LogP) is 3.46. The predicted molar refractivity (Wildman–Crippen MR) is 73.2 cm³/mol. The first-order valence-electron chi connectivity index (χ1n) is 6.58. The second-order valence-electron chi connectivity index (χ2n) is 4.80. The fourth-order valence-electron chi connectivity index (χ4n) is 2.20. The molecular formula is C15H24FNO. The van der Waals surface area contributed by atoms with E-state index in [0.717, 1.165) is 25.1 Å². The molecule has 0 aliphatic rings. The number of rotatable bonds is 7. The van der Waals surface area contributed by atoms with Crippen molar-refractivity contribution >= 4 is 0 Å². The Hall–Kier alpha value is -0.930. The summed E-state index contributed by atoms with van der Waals surface area (Å²) in [6.45, 7) is 7.75. The molecule has 0 spiro atoms. The highest BCUT2D eigenvalue weighted by molar-refractivity contribution is 5.27. The van der Waals surface area contributed by atoms with Crippen LogP contribution in [0, 0.1) is 18.7 Å². The Morgan fingerprint density at radius 1 is 1.39 bits per heavy atom. The Morgan fingerprint density at radius 2 is 2.11 bits per heavy atom. The van der Waals surface area contributed by atoms with Gasteiger partial charge in [0.2, 0.25) is 0 Å². The Labute approximate surface area is 110 Å². The quantitative estimate of drug-likeness (QED) is 0.803. The SMILES string of the molecule is CCNC(c1ccc(F)c(C)c1)C(C)CCOC. The summed E-state index contributed by atoms with van der Waals surface area (Å²) in [5.74, 6) is 0.313. The van der Waals surface area contributed by atoms with Gasteiger partial charge in [-0.25, -0.2) is 4.39 Å². The molecule has 1 rings (SSSR count). The van der Waals surface area contributed by atoms with E-state index in [2.05, 4.69) is 19.2 Å². The van der Waals surface area contributed by atoms with Gasteiger partial charge in [0.05, 0.1) is 0 Å². The van der Waals surface area contributed by atoms with Gasteiger partial charge in [-0.2, -0.15) is 0 Å². The fourth-order valence-corrected chi connectivity index (χ4v) is 2.20. The van der Waals surface area contributed by atoms with Gasteiger partial charge < -0.3 is 10.1 Å². The summed E-state index contributed by atoms with van der Waals surface area (Å²) in [6, 6.07) is 5.62. The molecule has 1 N–H and O–H groups in total. The van der Waals surface area contributed by atoms with E-state index >= 15 is 0 Å². The van der Waals surface area contributed by atoms with Crippen LogP contribution in [0.15, 0.2) is 18.2 Å². The van der Waals surface area contributed by atoms with Gasteiger partial charge in [0.15, 0.2) is 0 Å². The second-order valence-corrected chi connectivity index (χ2v) is 4.80.